The molecule has 0 amide bonds. The van der Waals surface area contributed by atoms with Crippen molar-refractivity contribution in [2.45, 2.75) is 32.5 Å². The van der Waals surface area contributed by atoms with Gasteiger partial charge in [0.1, 0.15) is 18.6 Å². The highest BCUT2D eigenvalue weighted by atomic mass is 32.1. The molecule has 0 saturated heterocycles. The average molecular weight is 502 g/mol. The molecule has 4 aromatic rings. The molecule has 2 aromatic heterocycles. The van der Waals surface area contributed by atoms with Crippen LogP contribution in [0.1, 0.15) is 40.1 Å². The van der Waals surface area contributed by atoms with Gasteiger partial charge in [0.15, 0.2) is 0 Å². The lowest BCUT2D eigenvalue weighted by molar-refractivity contribution is -0.141. The SMILES string of the molecule is Cc1cc(-c2ccc(C(F)(F)F)cc2)sc1COc1ccc([C@@H](c2ccon2)C(C)C(=O)O)cc1. The molecule has 0 bridgehead atoms. The van der Waals surface area contributed by atoms with E-state index in [-0.39, 0.29) is 0 Å². The monoisotopic (exact) mass is 501 g/mol. The van der Waals surface area contributed by atoms with Crippen molar-refractivity contribution in [1.29, 1.82) is 0 Å². The van der Waals surface area contributed by atoms with Crippen molar-refractivity contribution in [3.8, 4) is 16.2 Å². The number of carbonyl (C=O) groups is 1. The summed E-state index contributed by atoms with van der Waals surface area (Å²) in [5.41, 5.74) is 2.35. The zero-order valence-electron chi connectivity index (χ0n) is 18.9. The Kier molecular flexibility index (Phi) is 6.98. The number of aromatic nitrogens is 1. The molecule has 35 heavy (non-hydrogen) atoms. The average Bonchev–Trinajstić information content (AvgIpc) is 3.48. The number of rotatable bonds is 8. The predicted molar refractivity (Wildman–Crippen MR) is 125 cm³/mol. The van der Waals surface area contributed by atoms with Crippen molar-refractivity contribution in [3.05, 3.63) is 94.2 Å². The molecule has 2 heterocycles. The van der Waals surface area contributed by atoms with E-state index in [1.165, 1.54) is 29.7 Å². The van der Waals surface area contributed by atoms with E-state index in [4.69, 9.17) is 9.26 Å². The summed E-state index contributed by atoms with van der Waals surface area (Å²) < 4.78 is 49.3. The van der Waals surface area contributed by atoms with Crippen LogP contribution in [0.15, 0.2) is 71.4 Å². The fourth-order valence-corrected chi connectivity index (χ4v) is 4.88. The topological polar surface area (TPSA) is 72.6 Å². The van der Waals surface area contributed by atoms with Gasteiger partial charge in [-0.3, -0.25) is 4.79 Å². The number of carboxylic acid groups (broad SMARTS) is 1. The van der Waals surface area contributed by atoms with E-state index < -0.39 is 29.5 Å². The third-order valence-corrected chi connectivity index (χ3v) is 7.05. The number of carboxylic acids is 1. The minimum absolute atomic E-state index is 0.300. The Morgan fingerprint density at radius 3 is 2.37 bits per heavy atom. The molecule has 0 aliphatic rings. The maximum atomic E-state index is 12.8. The van der Waals surface area contributed by atoms with Crippen LogP contribution in [0.3, 0.4) is 0 Å². The number of halogens is 3. The Morgan fingerprint density at radius 2 is 1.80 bits per heavy atom. The molecule has 0 aliphatic heterocycles. The molecule has 0 aliphatic carbocycles. The molecule has 0 radical (unpaired) electrons. The van der Waals surface area contributed by atoms with Crippen molar-refractivity contribution >= 4 is 17.3 Å². The first-order valence-corrected chi connectivity index (χ1v) is 11.6. The van der Waals surface area contributed by atoms with Gasteiger partial charge >= 0.3 is 12.1 Å². The van der Waals surface area contributed by atoms with E-state index >= 15 is 0 Å². The summed E-state index contributed by atoms with van der Waals surface area (Å²) in [6.45, 7) is 3.86. The number of hydrogen-bond acceptors (Lipinski definition) is 5. The van der Waals surface area contributed by atoms with Crippen molar-refractivity contribution in [1.82, 2.24) is 5.16 Å². The zero-order chi connectivity index (χ0) is 25.2. The molecule has 0 spiro atoms. The van der Waals surface area contributed by atoms with Crippen LogP contribution >= 0.6 is 11.3 Å². The molecule has 2 atom stereocenters. The summed E-state index contributed by atoms with van der Waals surface area (Å²) in [6.07, 6.45) is -2.95. The van der Waals surface area contributed by atoms with Crippen molar-refractivity contribution in [3.63, 3.8) is 0 Å². The fourth-order valence-electron chi connectivity index (χ4n) is 3.79. The maximum Gasteiger partial charge on any atom is 0.416 e. The van der Waals surface area contributed by atoms with E-state index in [2.05, 4.69) is 5.16 Å². The van der Waals surface area contributed by atoms with Gasteiger partial charge < -0.3 is 14.4 Å². The number of alkyl halides is 3. The molecule has 9 heteroatoms. The zero-order valence-corrected chi connectivity index (χ0v) is 19.7. The van der Waals surface area contributed by atoms with Crippen LogP contribution in [0.25, 0.3) is 10.4 Å². The number of aliphatic carboxylic acids is 1. The van der Waals surface area contributed by atoms with Crippen LogP contribution < -0.4 is 4.74 Å². The van der Waals surface area contributed by atoms with Gasteiger partial charge in [0, 0.05) is 21.7 Å². The molecule has 0 fully saturated rings. The lowest BCUT2D eigenvalue weighted by atomic mass is 9.84. The van der Waals surface area contributed by atoms with E-state index in [9.17, 15) is 23.1 Å². The Balaban J connectivity index is 1.46. The first kappa shape index (κ1) is 24.5. The summed E-state index contributed by atoms with van der Waals surface area (Å²) >= 11 is 1.47. The Bertz CT molecular complexity index is 1280. The molecule has 4 rings (SSSR count). The summed E-state index contributed by atoms with van der Waals surface area (Å²) in [4.78, 5) is 13.4. The maximum absolute atomic E-state index is 12.8. The van der Waals surface area contributed by atoms with Gasteiger partial charge in [-0.05, 0) is 53.9 Å². The quantitative estimate of drug-likeness (QED) is 0.277. The van der Waals surface area contributed by atoms with Gasteiger partial charge in [-0.2, -0.15) is 13.2 Å². The third kappa shape index (κ3) is 5.57. The van der Waals surface area contributed by atoms with Crippen LogP contribution in [0.2, 0.25) is 0 Å². The lowest BCUT2D eigenvalue weighted by Crippen LogP contribution is -2.20. The lowest BCUT2D eigenvalue weighted by Gasteiger charge is -2.19. The van der Waals surface area contributed by atoms with Crippen molar-refractivity contribution < 1.29 is 32.3 Å². The highest BCUT2D eigenvalue weighted by Crippen LogP contribution is 2.36. The Morgan fingerprint density at radius 1 is 1.11 bits per heavy atom. The number of aryl methyl sites for hydroxylation is 1. The second kappa shape index (κ2) is 9.95. The number of thiophene rings is 1. The molecule has 5 nitrogen and oxygen atoms in total. The second-order valence-electron chi connectivity index (χ2n) is 8.18. The molecule has 1 unspecified atom stereocenters. The smallest absolute Gasteiger partial charge is 0.416 e. The Hall–Kier alpha value is -3.59. The van der Waals surface area contributed by atoms with Gasteiger partial charge in [0.2, 0.25) is 0 Å². The first-order valence-electron chi connectivity index (χ1n) is 10.8. The highest BCUT2D eigenvalue weighted by molar-refractivity contribution is 7.15. The van der Waals surface area contributed by atoms with Gasteiger partial charge in [-0.1, -0.05) is 36.3 Å². The summed E-state index contributed by atoms with van der Waals surface area (Å²) in [6, 6.07) is 15.9. The number of benzene rings is 2. The number of hydrogen-bond donors (Lipinski definition) is 1. The van der Waals surface area contributed by atoms with E-state index in [0.717, 1.165) is 33.0 Å². The minimum Gasteiger partial charge on any atom is -0.488 e. The number of nitrogens with zero attached hydrogens (tertiary/aromatic N) is 1. The normalized spacial score (nSPS) is 13.4. The Labute approximate surface area is 203 Å². The van der Waals surface area contributed by atoms with Gasteiger partial charge in [-0.15, -0.1) is 11.3 Å². The van der Waals surface area contributed by atoms with Gasteiger partial charge in [0.05, 0.1) is 17.2 Å². The molecule has 0 saturated carbocycles. The van der Waals surface area contributed by atoms with E-state index in [1.807, 2.05) is 25.1 Å². The van der Waals surface area contributed by atoms with Crippen LogP contribution in [-0.4, -0.2) is 16.2 Å². The summed E-state index contributed by atoms with van der Waals surface area (Å²) in [5, 5.41) is 13.4. The van der Waals surface area contributed by atoms with Crippen LogP contribution in [0, 0.1) is 12.8 Å². The molecular formula is C26H22F3NO4S. The third-order valence-electron chi connectivity index (χ3n) is 5.79. The predicted octanol–water partition coefficient (Wildman–Crippen LogP) is 7.16. The molecule has 1 N–H and O–H groups in total. The molecule has 182 valence electrons. The van der Waals surface area contributed by atoms with Gasteiger partial charge in [0.25, 0.3) is 0 Å². The first-order chi connectivity index (χ1) is 16.6. The summed E-state index contributed by atoms with van der Waals surface area (Å²) in [7, 11) is 0. The van der Waals surface area contributed by atoms with Crippen LogP contribution in [0.4, 0.5) is 13.2 Å². The van der Waals surface area contributed by atoms with Gasteiger partial charge in [-0.25, -0.2) is 0 Å². The molecule has 2 aromatic carbocycles. The summed E-state index contributed by atoms with van der Waals surface area (Å²) in [5.74, 6) is -1.50. The van der Waals surface area contributed by atoms with Crippen molar-refractivity contribution in [2.75, 3.05) is 0 Å². The molecular weight excluding hydrogens is 479 g/mol. The second-order valence-corrected chi connectivity index (χ2v) is 9.32. The largest absolute Gasteiger partial charge is 0.488 e. The standard InChI is InChI=1S/C26H22F3NO4S/c1-15-13-22(17-3-7-19(8-4-17)26(27,28)29)35-23(15)14-33-20-9-5-18(6-10-20)24(16(2)25(31)32)21-11-12-34-30-21/h3-13,16,24H,14H2,1-2H3,(H,31,32)/t16?,24-/m0/s1. The number of ether oxygens (including phenoxy) is 1. The highest BCUT2D eigenvalue weighted by Gasteiger charge is 2.30. The minimum atomic E-state index is -4.36. The van der Waals surface area contributed by atoms with Crippen LogP contribution in [-0.2, 0) is 17.6 Å². The van der Waals surface area contributed by atoms with Crippen molar-refractivity contribution in [2.24, 2.45) is 5.92 Å². The van der Waals surface area contributed by atoms with E-state index in [1.54, 1.807) is 25.1 Å². The fraction of sp³-hybridized carbons (Fsp3) is 0.231. The van der Waals surface area contributed by atoms with Crippen LogP contribution in [0.5, 0.6) is 5.75 Å². The van der Waals surface area contributed by atoms with E-state index in [0.29, 0.717) is 23.6 Å².